The van der Waals surface area contributed by atoms with Crippen molar-refractivity contribution in [1.82, 2.24) is 0 Å². The maximum absolute atomic E-state index is 13.2. The van der Waals surface area contributed by atoms with Crippen LogP contribution in [0.4, 0.5) is 10.1 Å². The predicted octanol–water partition coefficient (Wildman–Crippen LogP) is 4.09. The summed E-state index contributed by atoms with van der Waals surface area (Å²) < 4.78 is 37.4. The average Bonchev–Trinajstić information content (AvgIpc) is 2.69. The van der Waals surface area contributed by atoms with Crippen LogP contribution in [0.1, 0.15) is 28.2 Å². The van der Waals surface area contributed by atoms with Crippen molar-refractivity contribution in [3.63, 3.8) is 0 Å². The molecule has 0 bridgehead atoms. The molecule has 0 spiro atoms. The Morgan fingerprint density at radius 1 is 0.929 bits per heavy atom. The molecule has 2 N–H and O–H groups in total. The number of aliphatic hydroxyl groups is 1. The number of benzene rings is 3. The number of aliphatic hydroxyl groups excluding tert-OH is 1. The van der Waals surface area contributed by atoms with Crippen molar-refractivity contribution in [2.24, 2.45) is 0 Å². The smallest absolute Gasteiger partial charge is 0.123 e. The first kappa shape index (κ1) is 20.2. The van der Waals surface area contributed by atoms with Crippen LogP contribution in [0.2, 0.25) is 0 Å². The van der Waals surface area contributed by atoms with Crippen molar-refractivity contribution in [3.8, 4) is 0 Å². The van der Waals surface area contributed by atoms with E-state index in [1.165, 1.54) is 12.1 Å². The van der Waals surface area contributed by atoms with Crippen LogP contribution in [-0.2, 0) is 30.7 Å². The molecule has 0 aliphatic heterocycles. The van der Waals surface area contributed by atoms with Crippen molar-refractivity contribution in [2.45, 2.75) is 25.4 Å². The monoisotopic (exact) mass is 398 g/mol. The zero-order chi connectivity index (χ0) is 19.9. The minimum absolute atomic E-state index is 0.0110. The summed E-state index contributed by atoms with van der Waals surface area (Å²) in [5.74, 6) is -0.150. The highest BCUT2D eigenvalue weighted by molar-refractivity contribution is 7.80. The van der Waals surface area contributed by atoms with Crippen LogP contribution < -0.4 is 4.72 Å². The molecule has 2 unspecified atom stereocenters. The lowest BCUT2D eigenvalue weighted by molar-refractivity contribution is 0.282. The van der Waals surface area contributed by atoms with E-state index in [1.807, 2.05) is 42.5 Å². The Hall–Kier alpha value is -2.54. The number of nitrogens with one attached hydrogen (secondary N) is 1. The van der Waals surface area contributed by atoms with Gasteiger partial charge in [0.1, 0.15) is 5.82 Å². The van der Waals surface area contributed by atoms with Gasteiger partial charge < -0.3 is 14.4 Å². The number of rotatable bonds is 8. The lowest BCUT2D eigenvalue weighted by Gasteiger charge is -2.19. The van der Waals surface area contributed by atoms with Gasteiger partial charge in [0.05, 0.1) is 6.61 Å². The Morgan fingerprint density at radius 3 is 2.21 bits per heavy atom. The van der Waals surface area contributed by atoms with Crippen LogP contribution in [-0.4, -0.2) is 13.9 Å². The third-order valence-electron chi connectivity index (χ3n) is 4.64. The number of hydrogen-bond acceptors (Lipinski definition) is 3. The molecule has 3 aromatic carbocycles. The summed E-state index contributed by atoms with van der Waals surface area (Å²) in [6.07, 6.45) is 1.40. The van der Waals surface area contributed by atoms with E-state index in [9.17, 15) is 18.3 Å². The third-order valence-corrected chi connectivity index (χ3v) is 5.04. The molecule has 0 heterocycles. The molecule has 4 nitrogen and oxygen atoms in total. The van der Waals surface area contributed by atoms with E-state index in [0.717, 1.165) is 22.3 Å². The van der Waals surface area contributed by atoms with Crippen molar-refractivity contribution >= 4 is 17.0 Å². The fourth-order valence-corrected chi connectivity index (χ4v) is 3.57. The molecule has 0 aromatic heterocycles. The molecule has 0 amide bonds. The first-order chi connectivity index (χ1) is 13.5. The van der Waals surface area contributed by atoms with Gasteiger partial charge in [-0.25, -0.2) is 4.39 Å². The van der Waals surface area contributed by atoms with Crippen LogP contribution >= 0.6 is 0 Å². The van der Waals surface area contributed by atoms with Gasteiger partial charge in [0, 0.05) is 17.0 Å². The normalized spacial score (nSPS) is 13.1. The SMILES string of the molecule is O=S([O-])Nc1cccc(CC(Cc2ccc(F)cc2)c2ccc(CO)cc2)c1. The quantitative estimate of drug-likeness (QED) is 0.561. The third kappa shape index (κ3) is 5.73. The Balaban J connectivity index is 1.86. The molecule has 3 aromatic rings. The van der Waals surface area contributed by atoms with Gasteiger partial charge in [0.15, 0.2) is 0 Å². The first-order valence-corrected chi connectivity index (χ1v) is 10.00. The summed E-state index contributed by atoms with van der Waals surface area (Å²) in [6.45, 7) is -0.0110. The largest absolute Gasteiger partial charge is 0.755 e. The fourth-order valence-electron chi connectivity index (χ4n) is 3.25. The molecular formula is C22H21FNO3S-. The minimum Gasteiger partial charge on any atom is -0.755 e. The van der Waals surface area contributed by atoms with Crippen molar-refractivity contribution in [3.05, 3.63) is 101 Å². The highest BCUT2D eigenvalue weighted by atomic mass is 32.2. The molecule has 0 aliphatic rings. The van der Waals surface area contributed by atoms with Crippen molar-refractivity contribution < 1.29 is 18.3 Å². The van der Waals surface area contributed by atoms with E-state index < -0.39 is 11.3 Å². The van der Waals surface area contributed by atoms with Crippen molar-refractivity contribution in [2.75, 3.05) is 4.72 Å². The van der Waals surface area contributed by atoms with Crippen molar-refractivity contribution in [1.29, 1.82) is 0 Å². The van der Waals surface area contributed by atoms with Gasteiger partial charge in [-0.05, 0) is 65.3 Å². The zero-order valence-electron chi connectivity index (χ0n) is 15.2. The average molecular weight is 398 g/mol. The van der Waals surface area contributed by atoms with Crippen LogP contribution in [0.15, 0.2) is 72.8 Å². The molecule has 28 heavy (non-hydrogen) atoms. The van der Waals surface area contributed by atoms with Crippen LogP contribution in [0.3, 0.4) is 0 Å². The Labute approximate surface area is 166 Å². The lowest BCUT2D eigenvalue weighted by atomic mass is 9.86. The first-order valence-electron chi connectivity index (χ1n) is 8.92. The van der Waals surface area contributed by atoms with E-state index in [0.29, 0.717) is 18.5 Å². The van der Waals surface area contributed by atoms with E-state index in [1.54, 1.807) is 18.2 Å². The molecule has 0 radical (unpaired) electrons. The standard InChI is InChI=1S/C22H22FNO3S/c23-21-10-6-16(7-11-21)12-20(19-8-4-17(15-25)5-9-19)13-18-2-1-3-22(14-18)24-28(26)27/h1-11,14,20,24-25H,12-13,15H2,(H,26,27)/p-1. The topological polar surface area (TPSA) is 72.4 Å². The van der Waals surface area contributed by atoms with Crippen LogP contribution in [0, 0.1) is 5.82 Å². The fraction of sp³-hybridized carbons (Fsp3) is 0.182. The van der Waals surface area contributed by atoms with E-state index >= 15 is 0 Å². The maximum atomic E-state index is 13.2. The Bertz CT molecular complexity index is 929. The van der Waals surface area contributed by atoms with Gasteiger partial charge >= 0.3 is 0 Å². The summed E-state index contributed by atoms with van der Waals surface area (Å²) in [4.78, 5) is 0. The van der Waals surface area contributed by atoms with E-state index in [4.69, 9.17) is 0 Å². The number of halogens is 1. The second kappa shape index (κ2) is 9.59. The van der Waals surface area contributed by atoms with Gasteiger partial charge in [-0.3, -0.25) is 4.21 Å². The molecule has 146 valence electrons. The highest BCUT2D eigenvalue weighted by Crippen LogP contribution is 2.27. The van der Waals surface area contributed by atoms with Gasteiger partial charge in [-0.2, -0.15) is 0 Å². The van der Waals surface area contributed by atoms with E-state index in [-0.39, 0.29) is 18.3 Å². The molecule has 3 rings (SSSR count). The zero-order valence-corrected chi connectivity index (χ0v) is 16.0. The summed E-state index contributed by atoms with van der Waals surface area (Å²) in [7, 11) is 0. The van der Waals surface area contributed by atoms with Gasteiger partial charge in [-0.1, -0.05) is 48.5 Å². The Morgan fingerprint density at radius 2 is 1.57 bits per heavy atom. The van der Waals surface area contributed by atoms with Gasteiger partial charge in [0.25, 0.3) is 0 Å². The molecular weight excluding hydrogens is 377 g/mol. The van der Waals surface area contributed by atoms with Crippen LogP contribution in [0.5, 0.6) is 0 Å². The van der Waals surface area contributed by atoms with Crippen LogP contribution in [0.25, 0.3) is 0 Å². The summed E-state index contributed by atoms with van der Waals surface area (Å²) in [5, 5.41) is 9.27. The molecule has 0 saturated carbocycles. The lowest BCUT2D eigenvalue weighted by Crippen LogP contribution is -2.08. The Kier molecular flexibility index (Phi) is 6.92. The maximum Gasteiger partial charge on any atom is 0.123 e. The second-order valence-corrected chi connectivity index (χ2v) is 7.34. The number of anilines is 1. The summed E-state index contributed by atoms with van der Waals surface area (Å²) >= 11 is -2.37. The molecule has 0 saturated heterocycles. The summed E-state index contributed by atoms with van der Waals surface area (Å²) in [5.41, 5.74) is 4.48. The number of hydrogen-bond donors (Lipinski definition) is 2. The van der Waals surface area contributed by atoms with Gasteiger partial charge in [-0.15, -0.1) is 0 Å². The predicted molar refractivity (Wildman–Crippen MR) is 108 cm³/mol. The highest BCUT2D eigenvalue weighted by Gasteiger charge is 2.14. The van der Waals surface area contributed by atoms with E-state index in [2.05, 4.69) is 4.72 Å². The minimum atomic E-state index is -2.37. The second-order valence-electron chi connectivity index (χ2n) is 6.67. The van der Waals surface area contributed by atoms with Gasteiger partial charge in [0.2, 0.25) is 0 Å². The molecule has 0 aliphatic carbocycles. The molecule has 2 atom stereocenters. The molecule has 6 heteroatoms. The summed E-state index contributed by atoms with van der Waals surface area (Å²) in [6, 6.07) is 21.5. The molecule has 0 fully saturated rings.